The molecule has 0 amide bonds. The zero-order chi connectivity index (χ0) is 14.9. The van der Waals surface area contributed by atoms with Crippen molar-refractivity contribution in [3.8, 4) is 17.1 Å². The fraction of sp³-hybridized carbons (Fsp3) is 0.133. The summed E-state index contributed by atoms with van der Waals surface area (Å²) >= 11 is 3.32. The van der Waals surface area contributed by atoms with E-state index in [1.165, 1.54) is 4.88 Å². The monoisotopic (exact) mass is 328 g/mol. The lowest BCUT2D eigenvalue weighted by Crippen LogP contribution is -1.93. The van der Waals surface area contributed by atoms with Crippen molar-refractivity contribution in [2.75, 3.05) is 7.11 Å². The van der Waals surface area contributed by atoms with Crippen LogP contribution in [-0.4, -0.2) is 26.9 Å². The van der Waals surface area contributed by atoms with Crippen LogP contribution in [0.1, 0.15) is 9.88 Å². The lowest BCUT2D eigenvalue weighted by molar-refractivity contribution is 0.415. The first-order chi connectivity index (χ1) is 10.8. The van der Waals surface area contributed by atoms with Gasteiger partial charge in [-0.15, -0.1) is 21.5 Å². The minimum atomic E-state index is 0.738. The van der Waals surface area contributed by atoms with Crippen molar-refractivity contribution in [3.05, 3.63) is 51.7 Å². The van der Waals surface area contributed by atoms with Gasteiger partial charge in [-0.25, -0.2) is 0 Å². The van der Waals surface area contributed by atoms with Gasteiger partial charge in [-0.05, 0) is 23.6 Å². The van der Waals surface area contributed by atoms with Crippen LogP contribution in [0.3, 0.4) is 0 Å². The van der Waals surface area contributed by atoms with Crippen molar-refractivity contribution in [3.63, 3.8) is 0 Å². The third-order valence-electron chi connectivity index (χ3n) is 3.27. The maximum absolute atomic E-state index is 5.27. The molecule has 3 aromatic heterocycles. The van der Waals surface area contributed by atoms with Gasteiger partial charge in [0, 0.05) is 16.9 Å². The van der Waals surface area contributed by atoms with Gasteiger partial charge in [-0.1, -0.05) is 29.5 Å². The van der Waals surface area contributed by atoms with E-state index in [9.17, 15) is 0 Å². The Morgan fingerprint density at radius 2 is 2.14 bits per heavy atom. The normalized spacial score (nSPS) is 11.1. The molecule has 22 heavy (non-hydrogen) atoms. The average Bonchev–Trinajstić information content (AvgIpc) is 3.24. The molecule has 0 N–H and O–H groups in total. The van der Waals surface area contributed by atoms with Crippen molar-refractivity contribution >= 4 is 27.6 Å². The molecule has 7 heteroatoms. The maximum atomic E-state index is 5.27. The predicted molar refractivity (Wildman–Crippen MR) is 87.8 cm³/mol. The minimum absolute atomic E-state index is 0.738. The van der Waals surface area contributed by atoms with Gasteiger partial charge in [-0.2, -0.15) is 9.61 Å². The van der Waals surface area contributed by atoms with Crippen LogP contribution in [0.2, 0.25) is 0 Å². The SMILES string of the molecule is COc1cccc(-c2nnc3sc(Cc4cccs4)nn23)c1. The van der Waals surface area contributed by atoms with Crippen LogP contribution in [0.5, 0.6) is 5.75 Å². The van der Waals surface area contributed by atoms with Crippen molar-refractivity contribution in [2.45, 2.75) is 6.42 Å². The van der Waals surface area contributed by atoms with E-state index in [-0.39, 0.29) is 0 Å². The number of nitrogens with zero attached hydrogens (tertiary/aromatic N) is 4. The van der Waals surface area contributed by atoms with E-state index >= 15 is 0 Å². The van der Waals surface area contributed by atoms with E-state index < -0.39 is 0 Å². The van der Waals surface area contributed by atoms with Gasteiger partial charge in [-0.3, -0.25) is 0 Å². The van der Waals surface area contributed by atoms with E-state index in [1.54, 1.807) is 29.8 Å². The van der Waals surface area contributed by atoms with Crippen LogP contribution in [0.4, 0.5) is 0 Å². The molecule has 0 bridgehead atoms. The summed E-state index contributed by atoms with van der Waals surface area (Å²) in [5, 5.41) is 16.3. The van der Waals surface area contributed by atoms with Gasteiger partial charge >= 0.3 is 0 Å². The highest BCUT2D eigenvalue weighted by Gasteiger charge is 2.14. The Morgan fingerprint density at radius 1 is 1.18 bits per heavy atom. The molecule has 0 atom stereocenters. The number of rotatable bonds is 4. The van der Waals surface area contributed by atoms with E-state index in [1.807, 2.05) is 28.8 Å². The Labute approximate surface area is 134 Å². The Bertz CT molecular complexity index is 911. The summed E-state index contributed by atoms with van der Waals surface area (Å²) in [5.74, 6) is 1.53. The largest absolute Gasteiger partial charge is 0.497 e. The lowest BCUT2D eigenvalue weighted by Gasteiger charge is -2.01. The summed E-state index contributed by atoms with van der Waals surface area (Å²) in [7, 11) is 1.65. The van der Waals surface area contributed by atoms with Gasteiger partial charge in [0.15, 0.2) is 5.82 Å². The zero-order valence-electron chi connectivity index (χ0n) is 11.8. The third-order valence-corrected chi connectivity index (χ3v) is 5.04. The molecule has 0 saturated carbocycles. The van der Waals surface area contributed by atoms with Crippen molar-refractivity contribution < 1.29 is 4.74 Å². The Morgan fingerprint density at radius 3 is 2.95 bits per heavy atom. The molecule has 0 radical (unpaired) electrons. The molecule has 3 heterocycles. The fourth-order valence-corrected chi connectivity index (χ4v) is 3.89. The Kier molecular flexibility index (Phi) is 3.36. The number of hydrogen-bond donors (Lipinski definition) is 0. The van der Waals surface area contributed by atoms with E-state index in [4.69, 9.17) is 4.74 Å². The van der Waals surface area contributed by atoms with Gasteiger partial charge in [0.2, 0.25) is 4.96 Å². The highest BCUT2D eigenvalue weighted by Crippen LogP contribution is 2.26. The maximum Gasteiger partial charge on any atom is 0.234 e. The lowest BCUT2D eigenvalue weighted by atomic mass is 10.2. The zero-order valence-corrected chi connectivity index (χ0v) is 13.4. The average molecular weight is 328 g/mol. The van der Waals surface area contributed by atoms with E-state index in [0.717, 1.165) is 33.5 Å². The summed E-state index contributed by atoms with van der Waals surface area (Å²) in [5.41, 5.74) is 0.944. The van der Waals surface area contributed by atoms with Crippen LogP contribution in [0.25, 0.3) is 16.3 Å². The number of benzene rings is 1. The Balaban J connectivity index is 1.74. The molecular weight excluding hydrogens is 316 g/mol. The number of aromatic nitrogens is 4. The van der Waals surface area contributed by atoms with Crippen LogP contribution < -0.4 is 4.74 Å². The van der Waals surface area contributed by atoms with Gasteiger partial charge < -0.3 is 4.74 Å². The predicted octanol–water partition coefficient (Wildman–Crippen LogP) is 3.51. The molecule has 4 aromatic rings. The van der Waals surface area contributed by atoms with Crippen LogP contribution >= 0.6 is 22.7 Å². The van der Waals surface area contributed by atoms with Crippen molar-refractivity contribution in [1.82, 2.24) is 19.8 Å². The summed E-state index contributed by atoms with van der Waals surface area (Å²) in [4.78, 5) is 2.11. The van der Waals surface area contributed by atoms with Crippen LogP contribution in [-0.2, 0) is 6.42 Å². The quantitative estimate of drug-likeness (QED) is 0.575. The van der Waals surface area contributed by atoms with Crippen molar-refractivity contribution in [1.29, 1.82) is 0 Å². The van der Waals surface area contributed by atoms with E-state index in [2.05, 4.69) is 32.8 Å². The topological polar surface area (TPSA) is 52.3 Å². The molecule has 0 unspecified atom stereocenters. The number of thiophene rings is 1. The summed E-state index contributed by atoms with van der Waals surface area (Å²) in [6, 6.07) is 11.9. The molecule has 0 saturated heterocycles. The molecular formula is C15H12N4OS2. The van der Waals surface area contributed by atoms with Crippen LogP contribution in [0.15, 0.2) is 41.8 Å². The number of fused-ring (bicyclic) bond motifs is 1. The molecule has 0 aliphatic carbocycles. The second-order valence-electron chi connectivity index (χ2n) is 4.70. The third kappa shape index (κ3) is 2.38. The van der Waals surface area contributed by atoms with Crippen LogP contribution in [0, 0.1) is 0 Å². The van der Waals surface area contributed by atoms with Crippen molar-refractivity contribution in [2.24, 2.45) is 0 Å². The first-order valence-electron chi connectivity index (χ1n) is 6.71. The smallest absolute Gasteiger partial charge is 0.234 e. The molecule has 0 aliphatic rings. The van der Waals surface area contributed by atoms with E-state index in [0.29, 0.717) is 0 Å². The first-order valence-corrected chi connectivity index (χ1v) is 8.41. The number of ether oxygens (including phenoxy) is 1. The summed E-state index contributed by atoms with van der Waals surface area (Å²) in [6.07, 6.45) is 0.837. The van der Waals surface area contributed by atoms with Gasteiger partial charge in [0.25, 0.3) is 0 Å². The standard InChI is InChI=1S/C15H12N4OS2/c1-20-11-5-2-4-10(8-11)14-16-17-15-19(14)18-13(22-15)9-12-6-3-7-21-12/h2-8H,9H2,1H3. The molecule has 0 spiro atoms. The molecule has 5 nitrogen and oxygen atoms in total. The minimum Gasteiger partial charge on any atom is -0.497 e. The molecule has 0 aliphatic heterocycles. The highest BCUT2D eigenvalue weighted by atomic mass is 32.1. The first kappa shape index (κ1) is 13.4. The second-order valence-corrected chi connectivity index (χ2v) is 6.77. The highest BCUT2D eigenvalue weighted by molar-refractivity contribution is 7.17. The molecule has 4 rings (SSSR count). The molecule has 110 valence electrons. The van der Waals surface area contributed by atoms with Gasteiger partial charge in [0.1, 0.15) is 10.8 Å². The molecule has 1 aromatic carbocycles. The number of methoxy groups -OCH3 is 1. The Hall–Kier alpha value is -2.25. The van der Waals surface area contributed by atoms with Gasteiger partial charge in [0.05, 0.1) is 7.11 Å². The fourth-order valence-electron chi connectivity index (χ4n) is 2.23. The number of hydrogen-bond acceptors (Lipinski definition) is 6. The summed E-state index contributed by atoms with van der Waals surface area (Å²) in [6.45, 7) is 0. The summed E-state index contributed by atoms with van der Waals surface area (Å²) < 4.78 is 7.07. The second kappa shape index (κ2) is 5.51. The molecule has 0 fully saturated rings.